The summed E-state index contributed by atoms with van der Waals surface area (Å²) in [7, 11) is 1.75. The zero-order chi connectivity index (χ0) is 20.3. The number of nitrogens with zero attached hydrogens (tertiary/aromatic N) is 4. The van der Waals surface area contributed by atoms with Gasteiger partial charge in [0.15, 0.2) is 0 Å². The van der Waals surface area contributed by atoms with E-state index in [0.29, 0.717) is 25.2 Å². The molecule has 0 bridgehead atoms. The summed E-state index contributed by atoms with van der Waals surface area (Å²) in [6.07, 6.45) is 4.62. The standard InChI is InChI=1S/C18H20ClN5O4/c1-22-11-13(10-21-22)17(25)20-9-12-4-6-23(7-5-12)18(26)15-8-14(24(27)28)2-3-16(15)19/h2-3,8,10-12H,4-7,9H2,1H3,(H,20,25). The van der Waals surface area contributed by atoms with E-state index in [1.807, 2.05) is 0 Å². The van der Waals surface area contributed by atoms with Crippen LogP contribution in [0.5, 0.6) is 0 Å². The van der Waals surface area contributed by atoms with Crippen molar-refractivity contribution in [2.75, 3.05) is 19.6 Å². The minimum atomic E-state index is -0.551. The smallest absolute Gasteiger partial charge is 0.270 e. The Hall–Kier alpha value is -2.94. The molecule has 9 nitrogen and oxygen atoms in total. The molecule has 2 aromatic rings. The van der Waals surface area contributed by atoms with E-state index in [1.54, 1.807) is 22.8 Å². The minimum Gasteiger partial charge on any atom is -0.352 e. The molecular weight excluding hydrogens is 386 g/mol. The van der Waals surface area contributed by atoms with Gasteiger partial charge in [-0.25, -0.2) is 0 Å². The molecule has 2 heterocycles. The lowest BCUT2D eigenvalue weighted by atomic mass is 9.96. The summed E-state index contributed by atoms with van der Waals surface area (Å²) in [4.78, 5) is 36.8. The summed E-state index contributed by atoms with van der Waals surface area (Å²) in [6.45, 7) is 1.53. The molecule has 1 saturated heterocycles. The molecule has 1 aliphatic heterocycles. The largest absolute Gasteiger partial charge is 0.352 e. The number of carbonyl (C=O) groups excluding carboxylic acids is 2. The zero-order valence-electron chi connectivity index (χ0n) is 15.3. The second-order valence-corrected chi connectivity index (χ2v) is 7.18. The third-order valence-corrected chi connectivity index (χ3v) is 5.14. The number of likely N-dealkylation sites (tertiary alicyclic amines) is 1. The van der Waals surface area contributed by atoms with Crippen LogP contribution in [0.4, 0.5) is 5.69 Å². The molecular formula is C18H20ClN5O4. The number of aryl methyl sites for hydroxylation is 1. The van der Waals surface area contributed by atoms with E-state index >= 15 is 0 Å². The van der Waals surface area contributed by atoms with Gasteiger partial charge in [-0.3, -0.25) is 24.4 Å². The Morgan fingerprint density at radius 2 is 2.07 bits per heavy atom. The lowest BCUT2D eigenvalue weighted by molar-refractivity contribution is -0.384. The highest BCUT2D eigenvalue weighted by Crippen LogP contribution is 2.25. The highest BCUT2D eigenvalue weighted by atomic mass is 35.5. The first kappa shape index (κ1) is 19.8. The topological polar surface area (TPSA) is 110 Å². The summed E-state index contributed by atoms with van der Waals surface area (Å²) in [6, 6.07) is 3.86. The number of hydrogen-bond donors (Lipinski definition) is 1. The molecule has 3 rings (SSSR count). The Labute approximate surface area is 166 Å². The number of aromatic nitrogens is 2. The minimum absolute atomic E-state index is 0.138. The van der Waals surface area contributed by atoms with Crippen LogP contribution in [0.25, 0.3) is 0 Å². The molecule has 0 unspecified atom stereocenters. The van der Waals surface area contributed by atoms with Crippen molar-refractivity contribution in [3.8, 4) is 0 Å². The maximum Gasteiger partial charge on any atom is 0.270 e. The van der Waals surface area contributed by atoms with Crippen LogP contribution in [0.3, 0.4) is 0 Å². The van der Waals surface area contributed by atoms with Gasteiger partial charge < -0.3 is 10.2 Å². The van der Waals surface area contributed by atoms with Crippen molar-refractivity contribution < 1.29 is 14.5 Å². The van der Waals surface area contributed by atoms with Gasteiger partial charge in [-0.1, -0.05) is 11.6 Å². The number of non-ortho nitro benzene ring substituents is 1. The Morgan fingerprint density at radius 3 is 2.68 bits per heavy atom. The van der Waals surface area contributed by atoms with E-state index < -0.39 is 4.92 Å². The van der Waals surface area contributed by atoms with Crippen molar-refractivity contribution in [3.63, 3.8) is 0 Å². The summed E-state index contributed by atoms with van der Waals surface area (Å²) < 4.78 is 1.57. The van der Waals surface area contributed by atoms with Crippen LogP contribution in [0.1, 0.15) is 33.6 Å². The number of piperidine rings is 1. The third-order valence-electron chi connectivity index (χ3n) is 4.81. The lowest BCUT2D eigenvalue weighted by Crippen LogP contribution is -2.41. The first-order valence-electron chi connectivity index (χ1n) is 8.85. The van der Waals surface area contributed by atoms with E-state index in [-0.39, 0.29) is 34.0 Å². The number of benzene rings is 1. The highest BCUT2D eigenvalue weighted by molar-refractivity contribution is 6.33. The Bertz CT molecular complexity index is 905. The highest BCUT2D eigenvalue weighted by Gasteiger charge is 2.26. The fourth-order valence-electron chi connectivity index (χ4n) is 3.18. The van der Waals surface area contributed by atoms with Crippen molar-refractivity contribution in [1.82, 2.24) is 20.0 Å². The molecule has 1 aromatic carbocycles. The first-order valence-corrected chi connectivity index (χ1v) is 9.23. The number of nitro benzene ring substituents is 1. The van der Waals surface area contributed by atoms with Gasteiger partial charge in [-0.2, -0.15) is 5.10 Å². The SMILES string of the molecule is Cn1cc(C(=O)NCC2CCN(C(=O)c3cc([N+](=O)[O-])ccc3Cl)CC2)cn1. The van der Waals surface area contributed by atoms with Crippen LogP contribution < -0.4 is 5.32 Å². The van der Waals surface area contributed by atoms with Crippen molar-refractivity contribution in [2.24, 2.45) is 13.0 Å². The summed E-state index contributed by atoms with van der Waals surface area (Å²) in [5.74, 6) is -0.230. The molecule has 0 spiro atoms. The van der Waals surface area contributed by atoms with Crippen LogP contribution in [0, 0.1) is 16.0 Å². The monoisotopic (exact) mass is 405 g/mol. The summed E-state index contributed by atoms with van der Waals surface area (Å²) in [5.41, 5.74) is 0.482. The average Bonchev–Trinajstić information content (AvgIpc) is 3.12. The van der Waals surface area contributed by atoms with Gasteiger partial charge in [0.2, 0.25) is 0 Å². The van der Waals surface area contributed by atoms with E-state index in [0.717, 1.165) is 12.8 Å². The van der Waals surface area contributed by atoms with Gasteiger partial charge in [0.25, 0.3) is 17.5 Å². The summed E-state index contributed by atoms with van der Waals surface area (Å²) in [5, 5.41) is 18.0. The quantitative estimate of drug-likeness (QED) is 0.606. The number of halogens is 1. The number of amides is 2. The molecule has 0 aliphatic carbocycles. The predicted octanol–water partition coefficient (Wildman–Crippen LogP) is 2.26. The zero-order valence-corrected chi connectivity index (χ0v) is 16.1. The van der Waals surface area contributed by atoms with E-state index in [1.165, 1.54) is 24.4 Å². The normalized spacial score (nSPS) is 14.7. The fraction of sp³-hybridized carbons (Fsp3) is 0.389. The second kappa shape index (κ2) is 8.39. The Morgan fingerprint density at radius 1 is 1.36 bits per heavy atom. The second-order valence-electron chi connectivity index (χ2n) is 6.77. The number of carbonyl (C=O) groups is 2. The molecule has 0 saturated carbocycles. The Kier molecular flexibility index (Phi) is 5.93. The molecule has 148 valence electrons. The van der Waals surface area contributed by atoms with Gasteiger partial charge in [0.05, 0.1) is 27.3 Å². The van der Waals surface area contributed by atoms with Gasteiger partial charge in [-0.15, -0.1) is 0 Å². The van der Waals surface area contributed by atoms with Crippen molar-refractivity contribution in [2.45, 2.75) is 12.8 Å². The maximum atomic E-state index is 12.7. The molecule has 0 atom stereocenters. The number of rotatable bonds is 5. The molecule has 0 radical (unpaired) electrons. The van der Waals surface area contributed by atoms with Gasteiger partial charge in [0.1, 0.15) is 0 Å². The molecule has 2 amide bonds. The van der Waals surface area contributed by atoms with Crippen LogP contribution in [-0.2, 0) is 7.05 Å². The number of nitro groups is 1. The molecule has 10 heteroatoms. The average molecular weight is 406 g/mol. The van der Waals surface area contributed by atoms with E-state index in [2.05, 4.69) is 10.4 Å². The fourth-order valence-corrected chi connectivity index (χ4v) is 3.38. The third kappa shape index (κ3) is 4.48. The molecule has 1 N–H and O–H groups in total. The van der Waals surface area contributed by atoms with Gasteiger partial charge in [-0.05, 0) is 24.8 Å². The molecule has 1 aliphatic rings. The summed E-state index contributed by atoms with van der Waals surface area (Å²) >= 11 is 6.06. The number of hydrogen-bond acceptors (Lipinski definition) is 5. The van der Waals surface area contributed by atoms with Crippen molar-refractivity contribution >= 4 is 29.1 Å². The Balaban J connectivity index is 1.54. The van der Waals surface area contributed by atoms with Crippen LogP contribution in [-0.4, -0.2) is 51.1 Å². The first-order chi connectivity index (χ1) is 13.3. The predicted molar refractivity (Wildman–Crippen MR) is 102 cm³/mol. The number of nitrogens with one attached hydrogen (secondary N) is 1. The molecule has 1 fully saturated rings. The van der Waals surface area contributed by atoms with Crippen LogP contribution in [0.2, 0.25) is 5.02 Å². The van der Waals surface area contributed by atoms with Gasteiger partial charge >= 0.3 is 0 Å². The van der Waals surface area contributed by atoms with Crippen LogP contribution in [0.15, 0.2) is 30.6 Å². The molecule has 1 aromatic heterocycles. The maximum absolute atomic E-state index is 12.7. The van der Waals surface area contributed by atoms with Crippen LogP contribution >= 0.6 is 11.6 Å². The van der Waals surface area contributed by atoms with E-state index in [9.17, 15) is 19.7 Å². The lowest BCUT2D eigenvalue weighted by Gasteiger charge is -2.32. The van der Waals surface area contributed by atoms with Crippen molar-refractivity contribution in [1.29, 1.82) is 0 Å². The van der Waals surface area contributed by atoms with Crippen molar-refractivity contribution in [3.05, 3.63) is 56.9 Å². The molecule has 28 heavy (non-hydrogen) atoms. The van der Waals surface area contributed by atoms with E-state index in [4.69, 9.17) is 11.6 Å². The van der Waals surface area contributed by atoms with Gasteiger partial charge in [0, 0.05) is 45.0 Å².